The van der Waals surface area contributed by atoms with Crippen LogP contribution in [0.1, 0.15) is 22.5 Å². The second-order valence-corrected chi connectivity index (χ2v) is 6.01. The number of ether oxygens (including phenoxy) is 1. The quantitative estimate of drug-likeness (QED) is 0.924. The topological polar surface area (TPSA) is 79.7 Å². The van der Waals surface area contributed by atoms with Crippen LogP contribution in [-0.4, -0.2) is 52.7 Å². The Labute approximate surface area is 146 Å². The first-order chi connectivity index (χ1) is 12.1. The Balaban J connectivity index is 2.00. The molecular formula is C19H20N2O4. The van der Waals surface area contributed by atoms with E-state index in [-0.39, 0.29) is 18.9 Å². The monoisotopic (exact) mass is 340 g/mol. The lowest BCUT2D eigenvalue weighted by Crippen LogP contribution is -2.49. The number of pyridine rings is 1. The molecule has 0 saturated carbocycles. The fourth-order valence-electron chi connectivity index (χ4n) is 3.13. The number of carboxylic acids is 1. The summed E-state index contributed by atoms with van der Waals surface area (Å²) < 4.78 is 5.37. The van der Waals surface area contributed by atoms with Crippen LogP contribution in [0.4, 0.5) is 0 Å². The number of amides is 1. The molecule has 0 aliphatic carbocycles. The first kappa shape index (κ1) is 17.1. The SMILES string of the molecule is Cc1nccc(-c2ccccc2)c1C(=O)N1CCOC[C@H]1CC(=O)O. The lowest BCUT2D eigenvalue weighted by Gasteiger charge is -2.35. The summed E-state index contributed by atoms with van der Waals surface area (Å²) in [4.78, 5) is 30.2. The first-order valence-electron chi connectivity index (χ1n) is 8.19. The summed E-state index contributed by atoms with van der Waals surface area (Å²) in [6.45, 7) is 2.81. The van der Waals surface area contributed by atoms with Crippen LogP contribution in [0.2, 0.25) is 0 Å². The average Bonchev–Trinajstić information content (AvgIpc) is 2.62. The fourth-order valence-corrected chi connectivity index (χ4v) is 3.13. The molecule has 1 aromatic heterocycles. The molecule has 1 saturated heterocycles. The molecule has 6 nitrogen and oxygen atoms in total. The Hall–Kier alpha value is -2.73. The lowest BCUT2D eigenvalue weighted by molar-refractivity contribution is -0.139. The van der Waals surface area contributed by atoms with Gasteiger partial charge in [-0.25, -0.2) is 0 Å². The molecule has 1 N–H and O–H groups in total. The maximum atomic E-state index is 13.2. The largest absolute Gasteiger partial charge is 0.481 e. The zero-order chi connectivity index (χ0) is 17.8. The summed E-state index contributed by atoms with van der Waals surface area (Å²) in [6.07, 6.45) is 1.55. The molecule has 0 bridgehead atoms. The Kier molecular flexibility index (Phi) is 5.09. The predicted molar refractivity (Wildman–Crippen MR) is 92.3 cm³/mol. The van der Waals surface area contributed by atoms with E-state index in [4.69, 9.17) is 9.84 Å². The van der Waals surface area contributed by atoms with Crippen molar-refractivity contribution in [3.8, 4) is 11.1 Å². The van der Waals surface area contributed by atoms with Gasteiger partial charge in [-0.2, -0.15) is 0 Å². The smallest absolute Gasteiger partial charge is 0.305 e. The van der Waals surface area contributed by atoms with Gasteiger partial charge in [-0.15, -0.1) is 0 Å². The van der Waals surface area contributed by atoms with Crippen molar-refractivity contribution in [3.05, 3.63) is 53.9 Å². The van der Waals surface area contributed by atoms with E-state index in [0.717, 1.165) is 11.1 Å². The van der Waals surface area contributed by atoms with Crippen LogP contribution < -0.4 is 0 Å². The maximum Gasteiger partial charge on any atom is 0.305 e. The van der Waals surface area contributed by atoms with E-state index in [1.807, 2.05) is 36.4 Å². The third-order valence-corrected chi connectivity index (χ3v) is 4.34. The molecule has 6 heteroatoms. The Morgan fingerprint density at radius 1 is 1.28 bits per heavy atom. The molecule has 1 atom stereocenters. The number of hydrogen-bond acceptors (Lipinski definition) is 4. The van der Waals surface area contributed by atoms with Gasteiger partial charge in [0.1, 0.15) is 0 Å². The maximum absolute atomic E-state index is 13.2. The highest BCUT2D eigenvalue weighted by molar-refractivity contribution is 6.02. The third-order valence-electron chi connectivity index (χ3n) is 4.34. The molecule has 130 valence electrons. The Morgan fingerprint density at radius 3 is 2.76 bits per heavy atom. The lowest BCUT2D eigenvalue weighted by atomic mass is 9.97. The van der Waals surface area contributed by atoms with Gasteiger partial charge in [0.05, 0.1) is 36.9 Å². The highest BCUT2D eigenvalue weighted by Gasteiger charge is 2.32. The van der Waals surface area contributed by atoms with E-state index in [9.17, 15) is 9.59 Å². The summed E-state index contributed by atoms with van der Waals surface area (Å²) >= 11 is 0. The Bertz CT molecular complexity index is 776. The van der Waals surface area contributed by atoms with E-state index in [0.29, 0.717) is 24.4 Å². The summed E-state index contributed by atoms with van der Waals surface area (Å²) in [5, 5.41) is 9.12. The summed E-state index contributed by atoms with van der Waals surface area (Å²) in [5.41, 5.74) is 2.89. The average molecular weight is 340 g/mol. The molecule has 0 unspecified atom stereocenters. The molecule has 1 amide bonds. The predicted octanol–water partition coefficient (Wildman–Crippen LogP) is 2.37. The molecule has 1 aromatic carbocycles. The van der Waals surface area contributed by atoms with Crippen LogP contribution in [0.25, 0.3) is 11.1 Å². The van der Waals surface area contributed by atoms with Crippen molar-refractivity contribution in [1.82, 2.24) is 9.88 Å². The molecule has 25 heavy (non-hydrogen) atoms. The van der Waals surface area contributed by atoms with Gasteiger partial charge in [0.2, 0.25) is 0 Å². The van der Waals surface area contributed by atoms with Crippen molar-refractivity contribution in [2.75, 3.05) is 19.8 Å². The molecule has 2 heterocycles. The van der Waals surface area contributed by atoms with Crippen LogP contribution in [0.5, 0.6) is 0 Å². The van der Waals surface area contributed by atoms with Crippen LogP contribution in [0.3, 0.4) is 0 Å². The van der Waals surface area contributed by atoms with Gasteiger partial charge in [0.25, 0.3) is 5.91 Å². The third kappa shape index (κ3) is 3.69. The van der Waals surface area contributed by atoms with Crippen LogP contribution in [0.15, 0.2) is 42.6 Å². The van der Waals surface area contributed by atoms with Crippen LogP contribution >= 0.6 is 0 Å². The highest BCUT2D eigenvalue weighted by atomic mass is 16.5. The fraction of sp³-hybridized carbons (Fsp3) is 0.316. The molecule has 1 fully saturated rings. The van der Waals surface area contributed by atoms with E-state index < -0.39 is 12.0 Å². The standard InChI is InChI=1S/C19H20N2O4/c1-13-18(16(7-8-20-13)14-5-3-2-4-6-14)19(24)21-9-10-25-12-15(21)11-17(22)23/h2-8,15H,9-12H2,1H3,(H,22,23)/t15-/m1/s1. The van der Waals surface area contributed by atoms with Crippen molar-refractivity contribution in [2.24, 2.45) is 0 Å². The van der Waals surface area contributed by atoms with E-state index in [1.165, 1.54) is 0 Å². The first-order valence-corrected chi connectivity index (χ1v) is 8.19. The number of aryl methyl sites for hydroxylation is 1. The zero-order valence-electron chi connectivity index (χ0n) is 14.0. The molecule has 0 spiro atoms. The van der Waals surface area contributed by atoms with Gasteiger partial charge < -0.3 is 14.7 Å². The molecular weight excluding hydrogens is 320 g/mol. The molecule has 2 aromatic rings. The van der Waals surface area contributed by atoms with E-state index >= 15 is 0 Å². The summed E-state index contributed by atoms with van der Waals surface area (Å²) in [7, 11) is 0. The normalized spacial score (nSPS) is 17.3. The van der Waals surface area contributed by atoms with Crippen molar-refractivity contribution in [1.29, 1.82) is 0 Å². The van der Waals surface area contributed by atoms with E-state index in [1.54, 1.807) is 18.0 Å². The zero-order valence-corrected chi connectivity index (χ0v) is 14.0. The number of carbonyl (C=O) groups is 2. The highest BCUT2D eigenvalue weighted by Crippen LogP contribution is 2.27. The second-order valence-electron chi connectivity index (χ2n) is 6.01. The van der Waals surface area contributed by atoms with Crippen molar-refractivity contribution >= 4 is 11.9 Å². The van der Waals surface area contributed by atoms with Gasteiger partial charge in [0, 0.05) is 12.7 Å². The number of aromatic nitrogens is 1. The van der Waals surface area contributed by atoms with Crippen molar-refractivity contribution in [2.45, 2.75) is 19.4 Å². The van der Waals surface area contributed by atoms with E-state index in [2.05, 4.69) is 4.98 Å². The Morgan fingerprint density at radius 2 is 2.04 bits per heavy atom. The molecule has 3 rings (SSSR count). The number of nitrogens with zero attached hydrogens (tertiary/aromatic N) is 2. The van der Waals surface area contributed by atoms with Gasteiger partial charge in [-0.05, 0) is 24.1 Å². The van der Waals surface area contributed by atoms with Gasteiger partial charge in [0.15, 0.2) is 0 Å². The van der Waals surface area contributed by atoms with Gasteiger partial charge in [-0.3, -0.25) is 14.6 Å². The number of carboxylic acid groups (broad SMARTS) is 1. The molecule has 1 aliphatic heterocycles. The van der Waals surface area contributed by atoms with Gasteiger partial charge in [-0.1, -0.05) is 30.3 Å². The van der Waals surface area contributed by atoms with Crippen LogP contribution in [0, 0.1) is 6.92 Å². The number of benzene rings is 1. The molecule has 1 aliphatic rings. The number of morpholine rings is 1. The minimum absolute atomic E-state index is 0.133. The second kappa shape index (κ2) is 7.44. The number of aliphatic carboxylic acids is 1. The number of carbonyl (C=O) groups excluding carboxylic acids is 1. The van der Waals surface area contributed by atoms with Crippen LogP contribution in [-0.2, 0) is 9.53 Å². The molecule has 0 radical (unpaired) electrons. The minimum atomic E-state index is -0.945. The van der Waals surface area contributed by atoms with Gasteiger partial charge >= 0.3 is 5.97 Å². The minimum Gasteiger partial charge on any atom is -0.481 e. The van der Waals surface area contributed by atoms with Crippen molar-refractivity contribution in [3.63, 3.8) is 0 Å². The summed E-state index contributed by atoms with van der Waals surface area (Å²) in [6, 6.07) is 11.0. The number of rotatable bonds is 4. The summed E-state index contributed by atoms with van der Waals surface area (Å²) in [5.74, 6) is -1.14. The van der Waals surface area contributed by atoms with Crippen molar-refractivity contribution < 1.29 is 19.4 Å². The number of hydrogen-bond donors (Lipinski definition) is 1.